The van der Waals surface area contributed by atoms with Crippen molar-refractivity contribution >= 4 is 0 Å². The first-order valence-corrected chi connectivity index (χ1v) is 12.1. The molecular weight excluding hydrogens is 320 g/mol. The molecule has 1 saturated heterocycles. The maximum Gasteiger partial charge on any atom is 0.168 e. The molecular formula is C24H48O2. The fourth-order valence-electron chi connectivity index (χ4n) is 4.09. The number of ether oxygens (including phenoxy) is 2. The first-order chi connectivity index (χ1) is 12.8. The molecule has 26 heavy (non-hydrogen) atoms. The topological polar surface area (TPSA) is 18.5 Å². The van der Waals surface area contributed by atoms with Gasteiger partial charge in [-0.2, -0.15) is 0 Å². The summed E-state index contributed by atoms with van der Waals surface area (Å²) in [6, 6.07) is 0. The van der Waals surface area contributed by atoms with E-state index >= 15 is 0 Å². The van der Waals surface area contributed by atoms with Crippen LogP contribution in [0.4, 0.5) is 0 Å². The summed E-state index contributed by atoms with van der Waals surface area (Å²) >= 11 is 0. The highest BCUT2D eigenvalue weighted by atomic mass is 16.7. The van der Waals surface area contributed by atoms with Gasteiger partial charge in [0.25, 0.3) is 0 Å². The molecule has 0 radical (unpaired) electrons. The van der Waals surface area contributed by atoms with E-state index in [-0.39, 0.29) is 5.79 Å². The maximum absolute atomic E-state index is 6.15. The Morgan fingerprint density at radius 2 is 0.846 bits per heavy atom. The van der Waals surface area contributed by atoms with Crippen LogP contribution in [-0.2, 0) is 9.47 Å². The van der Waals surface area contributed by atoms with Gasteiger partial charge in [0.05, 0.1) is 13.2 Å². The molecule has 2 heteroatoms. The number of hydrogen-bond acceptors (Lipinski definition) is 2. The number of hydrogen-bond donors (Lipinski definition) is 0. The molecule has 0 saturated carbocycles. The third kappa shape index (κ3) is 12.3. The predicted octanol–water partition coefficient (Wildman–Crippen LogP) is 8.18. The van der Waals surface area contributed by atoms with Crippen molar-refractivity contribution in [2.75, 3.05) is 13.2 Å². The fourth-order valence-corrected chi connectivity index (χ4v) is 4.09. The van der Waals surface area contributed by atoms with E-state index in [0.29, 0.717) is 0 Å². The zero-order valence-corrected chi connectivity index (χ0v) is 18.2. The Morgan fingerprint density at radius 1 is 0.500 bits per heavy atom. The van der Waals surface area contributed by atoms with Crippen LogP contribution < -0.4 is 0 Å². The van der Waals surface area contributed by atoms with Gasteiger partial charge in [-0.25, -0.2) is 0 Å². The maximum atomic E-state index is 6.15. The van der Waals surface area contributed by atoms with Crippen LogP contribution in [0.2, 0.25) is 0 Å². The normalized spacial score (nSPS) is 16.8. The predicted molar refractivity (Wildman–Crippen MR) is 114 cm³/mol. The van der Waals surface area contributed by atoms with Gasteiger partial charge < -0.3 is 9.47 Å². The first kappa shape index (κ1) is 24.0. The van der Waals surface area contributed by atoms with E-state index in [9.17, 15) is 0 Å². The Kier molecular flexibility index (Phi) is 15.7. The van der Waals surface area contributed by atoms with E-state index in [0.717, 1.165) is 32.5 Å². The minimum Gasteiger partial charge on any atom is -0.350 e. The van der Waals surface area contributed by atoms with E-state index < -0.39 is 0 Å². The highest BCUT2D eigenvalue weighted by Gasteiger charge is 2.33. The summed E-state index contributed by atoms with van der Waals surface area (Å²) in [5.74, 6) is -0.233. The van der Waals surface area contributed by atoms with Crippen molar-refractivity contribution in [3.8, 4) is 0 Å². The lowest BCUT2D eigenvalue weighted by molar-refractivity contribution is -0.274. The van der Waals surface area contributed by atoms with Crippen LogP contribution in [0.25, 0.3) is 0 Å². The summed E-state index contributed by atoms with van der Waals surface area (Å²) in [6.07, 6.45) is 25.3. The zero-order chi connectivity index (χ0) is 18.8. The highest BCUT2D eigenvalue weighted by molar-refractivity contribution is 4.73. The van der Waals surface area contributed by atoms with Crippen LogP contribution in [0.3, 0.4) is 0 Å². The van der Waals surface area contributed by atoms with Gasteiger partial charge in [-0.1, -0.05) is 104 Å². The van der Waals surface area contributed by atoms with Crippen molar-refractivity contribution in [2.24, 2.45) is 0 Å². The molecule has 0 aromatic rings. The van der Waals surface area contributed by atoms with E-state index in [1.54, 1.807) is 0 Å². The minimum absolute atomic E-state index is 0.233. The van der Waals surface area contributed by atoms with Gasteiger partial charge in [0, 0.05) is 12.8 Å². The van der Waals surface area contributed by atoms with Crippen molar-refractivity contribution in [1.29, 1.82) is 0 Å². The first-order valence-electron chi connectivity index (χ1n) is 12.1. The van der Waals surface area contributed by atoms with Gasteiger partial charge >= 0.3 is 0 Å². The summed E-state index contributed by atoms with van der Waals surface area (Å²) in [5, 5.41) is 0. The summed E-state index contributed by atoms with van der Waals surface area (Å²) in [4.78, 5) is 0. The molecule has 1 aliphatic rings. The van der Waals surface area contributed by atoms with E-state index in [1.807, 2.05) is 0 Å². The lowest BCUT2D eigenvalue weighted by Crippen LogP contribution is -2.40. The summed E-state index contributed by atoms with van der Waals surface area (Å²) in [5.41, 5.74) is 0. The van der Waals surface area contributed by atoms with Crippen LogP contribution in [0.1, 0.15) is 136 Å². The molecule has 2 nitrogen and oxygen atoms in total. The molecule has 0 unspecified atom stereocenters. The van der Waals surface area contributed by atoms with Gasteiger partial charge in [-0.3, -0.25) is 0 Å². The highest BCUT2D eigenvalue weighted by Crippen LogP contribution is 2.31. The second-order valence-corrected chi connectivity index (χ2v) is 8.41. The summed E-state index contributed by atoms with van der Waals surface area (Å²) in [7, 11) is 0. The average molecular weight is 369 g/mol. The Bertz CT molecular complexity index is 284. The lowest BCUT2D eigenvalue weighted by atomic mass is 9.98. The number of unbranched alkanes of at least 4 members (excludes halogenated alkanes) is 14. The van der Waals surface area contributed by atoms with Gasteiger partial charge in [0.15, 0.2) is 5.79 Å². The Balaban J connectivity index is 2.06. The van der Waals surface area contributed by atoms with E-state index in [4.69, 9.17) is 9.47 Å². The van der Waals surface area contributed by atoms with E-state index in [1.165, 1.54) is 103 Å². The van der Waals surface area contributed by atoms with Gasteiger partial charge in [-0.15, -0.1) is 0 Å². The second-order valence-electron chi connectivity index (χ2n) is 8.41. The molecule has 156 valence electrons. The molecule has 0 spiro atoms. The average Bonchev–Trinajstić information content (AvgIpc) is 2.67. The standard InChI is InChI=1S/C24H48O2/c1-3-5-7-9-11-12-13-14-16-18-21-24(25-22-19-23-26-24)20-17-15-10-8-6-4-2/h3-23H2,1-2H3. The second kappa shape index (κ2) is 17.0. The molecule has 0 atom stereocenters. The zero-order valence-electron chi connectivity index (χ0n) is 18.2. The molecule has 1 fully saturated rings. The van der Waals surface area contributed by atoms with Crippen LogP contribution in [0, 0.1) is 0 Å². The molecule has 0 aliphatic carbocycles. The summed E-state index contributed by atoms with van der Waals surface area (Å²) in [6.45, 7) is 6.37. The minimum atomic E-state index is -0.233. The largest absolute Gasteiger partial charge is 0.350 e. The summed E-state index contributed by atoms with van der Waals surface area (Å²) < 4.78 is 12.3. The molecule has 1 rings (SSSR count). The molecule has 1 aliphatic heterocycles. The molecule has 1 heterocycles. The SMILES string of the molecule is CCCCCCCCCCCCC1(CCCCCCCC)OCCCO1. The van der Waals surface area contributed by atoms with Crippen LogP contribution >= 0.6 is 0 Å². The fraction of sp³-hybridized carbons (Fsp3) is 1.00. The van der Waals surface area contributed by atoms with Crippen molar-refractivity contribution in [3.05, 3.63) is 0 Å². The van der Waals surface area contributed by atoms with Gasteiger partial charge in [0.1, 0.15) is 0 Å². The lowest BCUT2D eigenvalue weighted by Gasteiger charge is -2.37. The molecule has 0 aromatic carbocycles. The monoisotopic (exact) mass is 368 g/mol. The molecule has 0 bridgehead atoms. The van der Waals surface area contributed by atoms with Crippen LogP contribution in [-0.4, -0.2) is 19.0 Å². The van der Waals surface area contributed by atoms with Gasteiger partial charge in [0.2, 0.25) is 0 Å². The third-order valence-corrected chi connectivity index (χ3v) is 5.84. The van der Waals surface area contributed by atoms with Crippen molar-refractivity contribution in [2.45, 2.75) is 142 Å². The Morgan fingerprint density at radius 3 is 1.23 bits per heavy atom. The van der Waals surface area contributed by atoms with Crippen LogP contribution in [0.5, 0.6) is 0 Å². The van der Waals surface area contributed by atoms with Gasteiger partial charge in [-0.05, 0) is 19.3 Å². The van der Waals surface area contributed by atoms with Crippen molar-refractivity contribution in [3.63, 3.8) is 0 Å². The quantitative estimate of drug-likeness (QED) is 0.227. The number of rotatable bonds is 18. The Hall–Kier alpha value is -0.0800. The van der Waals surface area contributed by atoms with Crippen molar-refractivity contribution < 1.29 is 9.47 Å². The van der Waals surface area contributed by atoms with Crippen molar-refractivity contribution in [1.82, 2.24) is 0 Å². The molecule has 0 N–H and O–H groups in total. The van der Waals surface area contributed by atoms with E-state index in [2.05, 4.69) is 13.8 Å². The molecule has 0 amide bonds. The Labute approximate surface area is 164 Å². The smallest absolute Gasteiger partial charge is 0.168 e. The molecule has 0 aromatic heterocycles. The van der Waals surface area contributed by atoms with Crippen LogP contribution in [0.15, 0.2) is 0 Å². The third-order valence-electron chi connectivity index (χ3n) is 5.84.